The number of nitriles is 1. The van der Waals surface area contributed by atoms with Crippen molar-refractivity contribution >= 4 is 44.6 Å². The molecular weight excluding hydrogens is 759 g/mol. The Bertz CT molecular complexity index is 3340. The molecule has 7 heteroatoms. The Morgan fingerprint density at radius 1 is 0.484 bits per heavy atom. The minimum atomic E-state index is 0.290. The molecule has 0 atom stereocenters. The minimum Gasteiger partial charge on any atom is -0.318 e. The fourth-order valence-electron chi connectivity index (χ4n) is 9.21. The number of aromatic nitrogens is 4. The Labute approximate surface area is 358 Å². The third kappa shape index (κ3) is 5.61. The molecule has 0 aliphatic carbocycles. The molecule has 290 valence electrons. The van der Waals surface area contributed by atoms with Gasteiger partial charge in [0.05, 0.1) is 51.5 Å². The van der Waals surface area contributed by atoms with Crippen LogP contribution in [0.2, 0.25) is 0 Å². The highest BCUT2D eigenvalue weighted by atomic mass is 15.2. The lowest BCUT2D eigenvalue weighted by molar-refractivity contribution is 1.06. The molecule has 0 N–H and O–H groups in total. The second-order valence-corrected chi connectivity index (χ2v) is 15.5. The van der Waals surface area contributed by atoms with Crippen LogP contribution in [-0.4, -0.2) is 19.5 Å². The molecule has 2 aromatic heterocycles. The number of fused-ring (bicyclic) bond motifs is 8. The van der Waals surface area contributed by atoms with Crippen molar-refractivity contribution in [1.29, 1.82) is 5.26 Å². The van der Waals surface area contributed by atoms with E-state index >= 15 is 0 Å². The number of anilines is 3. The fraction of sp³-hybridized carbons (Fsp3) is 0.0364. The Morgan fingerprint density at radius 2 is 0.935 bits per heavy atom. The van der Waals surface area contributed by atoms with Gasteiger partial charge in [0.2, 0.25) is 5.69 Å². The lowest BCUT2D eigenvalue weighted by Crippen LogP contribution is -2.17. The van der Waals surface area contributed by atoms with E-state index in [0.717, 1.165) is 77.7 Å². The molecule has 10 aromatic rings. The van der Waals surface area contributed by atoms with E-state index in [-0.39, 0.29) is 0 Å². The summed E-state index contributed by atoms with van der Waals surface area (Å²) in [7, 11) is 0. The second kappa shape index (κ2) is 14.6. The average molecular weight is 794 g/mol. The Hall–Kier alpha value is -8.65. The number of hydrogen-bond acceptors (Lipinski definition) is 5. The van der Waals surface area contributed by atoms with Crippen LogP contribution in [-0.2, 0) is 0 Å². The lowest BCUT2D eigenvalue weighted by Gasteiger charge is -2.34. The number of para-hydroxylation sites is 4. The van der Waals surface area contributed by atoms with Crippen molar-refractivity contribution in [3.8, 4) is 68.2 Å². The Morgan fingerprint density at radius 3 is 1.44 bits per heavy atom. The average Bonchev–Trinajstić information content (AvgIpc) is 3.59. The third-order valence-corrected chi connectivity index (χ3v) is 11.9. The molecule has 0 fully saturated rings. The van der Waals surface area contributed by atoms with Gasteiger partial charge in [0, 0.05) is 33.0 Å². The fourth-order valence-corrected chi connectivity index (χ4v) is 9.21. The summed E-state index contributed by atoms with van der Waals surface area (Å²) < 4.78 is 2.16. The van der Waals surface area contributed by atoms with Gasteiger partial charge in [-0.3, -0.25) is 0 Å². The molecule has 0 spiro atoms. The van der Waals surface area contributed by atoms with Crippen molar-refractivity contribution in [3.63, 3.8) is 0 Å². The number of aryl methyl sites for hydroxylation is 2. The molecule has 0 saturated heterocycles. The molecule has 1 aliphatic heterocycles. The highest BCUT2D eigenvalue weighted by Gasteiger charge is 2.35. The maximum Gasteiger partial charge on any atom is 0.212 e. The zero-order valence-corrected chi connectivity index (χ0v) is 33.9. The Kier molecular flexibility index (Phi) is 8.56. The van der Waals surface area contributed by atoms with Gasteiger partial charge >= 0.3 is 0 Å². The summed E-state index contributed by atoms with van der Waals surface area (Å²) in [5.41, 5.74) is 13.8. The van der Waals surface area contributed by atoms with Gasteiger partial charge in [0.15, 0.2) is 17.5 Å². The normalized spacial score (nSPS) is 11.6. The van der Waals surface area contributed by atoms with Gasteiger partial charge in [-0.25, -0.2) is 19.8 Å². The zero-order chi connectivity index (χ0) is 41.9. The number of hydrogen-bond donors (Lipinski definition) is 0. The zero-order valence-electron chi connectivity index (χ0n) is 33.9. The van der Waals surface area contributed by atoms with Crippen LogP contribution in [0.3, 0.4) is 0 Å². The second-order valence-electron chi connectivity index (χ2n) is 15.5. The smallest absolute Gasteiger partial charge is 0.212 e. The van der Waals surface area contributed by atoms with Crippen LogP contribution in [0.1, 0.15) is 16.7 Å². The standard InChI is InChI=1S/C55H35N7/c1-34-18-16-28-43-39-24-10-11-25-40(39)44-29-17-19-35(2)50(44)62(49(34)43)52-45(57-3)32-38(33-56)51(61-46-30-14-12-26-41(46)42-27-13-15-31-47(42)61)48(52)55-59-53(36-20-6-4-7-21-36)58-54(60-55)37-22-8-5-9-23-37/h4-32H,1-2H3. The molecule has 7 nitrogen and oxygen atoms in total. The molecule has 1 aliphatic rings. The molecule has 62 heavy (non-hydrogen) atoms. The van der Waals surface area contributed by atoms with Gasteiger partial charge in [-0.2, -0.15) is 5.26 Å². The first-order chi connectivity index (χ1) is 30.5. The molecule has 0 unspecified atom stereocenters. The lowest BCUT2D eigenvalue weighted by atomic mass is 9.93. The molecule has 0 amide bonds. The minimum absolute atomic E-state index is 0.290. The van der Waals surface area contributed by atoms with Crippen LogP contribution in [0.25, 0.3) is 88.8 Å². The molecular formula is C55H35N7. The van der Waals surface area contributed by atoms with Gasteiger partial charge < -0.3 is 9.47 Å². The summed E-state index contributed by atoms with van der Waals surface area (Å²) in [6, 6.07) is 61.9. The van der Waals surface area contributed by atoms with Crippen molar-refractivity contribution in [2.75, 3.05) is 4.90 Å². The van der Waals surface area contributed by atoms with E-state index < -0.39 is 0 Å². The summed E-state index contributed by atoms with van der Waals surface area (Å²) in [6.07, 6.45) is 0. The SMILES string of the molecule is [C-]#[N+]c1cc(C#N)c(-n2c3ccccc3c3ccccc32)c(-c2nc(-c3ccccc3)nc(-c3ccccc3)n2)c1N1c2c(C)cccc2-c2ccccc2-c2cccc(C)c21. The molecule has 0 bridgehead atoms. The van der Waals surface area contributed by atoms with Crippen molar-refractivity contribution in [3.05, 3.63) is 204 Å². The number of benzene rings is 8. The van der Waals surface area contributed by atoms with Crippen LogP contribution < -0.4 is 4.90 Å². The van der Waals surface area contributed by atoms with E-state index in [0.29, 0.717) is 45.7 Å². The van der Waals surface area contributed by atoms with E-state index in [1.807, 2.05) is 84.9 Å². The summed E-state index contributed by atoms with van der Waals surface area (Å²) in [4.78, 5) is 22.4. The third-order valence-electron chi connectivity index (χ3n) is 11.9. The quantitative estimate of drug-likeness (QED) is 0.162. The number of nitrogens with zero attached hydrogens (tertiary/aromatic N) is 7. The summed E-state index contributed by atoms with van der Waals surface area (Å²) in [5, 5.41) is 13.4. The van der Waals surface area contributed by atoms with E-state index in [4.69, 9.17) is 21.5 Å². The number of rotatable bonds is 5. The van der Waals surface area contributed by atoms with Gasteiger partial charge in [-0.05, 0) is 54.3 Å². The van der Waals surface area contributed by atoms with E-state index in [2.05, 4.69) is 119 Å². The molecule has 0 saturated carbocycles. The molecule has 3 heterocycles. The summed E-state index contributed by atoms with van der Waals surface area (Å²) >= 11 is 0. The first kappa shape index (κ1) is 36.4. The van der Waals surface area contributed by atoms with Crippen LogP contribution in [0, 0.1) is 31.8 Å². The predicted molar refractivity (Wildman–Crippen MR) is 250 cm³/mol. The molecule has 8 aromatic carbocycles. The van der Waals surface area contributed by atoms with Crippen LogP contribution >= 0.6 is 0 Å². The largest absolute Gasteiger partial charge is 0.318 e. The van der Waals surface area contributed by atoms with Crippen LogP contribution in [0.5, 0.6) is 0 Å². The first-order valence-corrected chi connectivity index (χ1v) is 20.5. The monoisotopic (exact) mass is 793 g/mol. The summed E-state index contributed by atoms with van der Waals surface area (Å²) in [6.45, 7) is 13.2. The topological polar surface area (TPSA) is 75.0 Å². The van der Waals surface area contributed by atoms with Crippen molar-refractivity contribution in [1.82, 2.24) is 19.5 Å². The van der Waals surface area contributed by atoms with Crippen molar-refractivity contribution in [2.45, 2.75) is 13.8 Å². The van der Waals surface area contributed by atoms with Crippen LogP contribution in [0.15, 0.2) is 176 Å². The highest BCUT2D eigenvalue weighted by molar-refractivity contribution is 6.13. The van der Waals surface area contributed by atoms with Crippen molar-refractivity contribution in [2.24, 2.45) is 0 Å². The van der Waals surface area contributed by atoms with Gasteiger partial charge in [0.25, 0.3) is 0 Å². The Balaban J connectivity index is 1.39. The van der Waals surface area contributed by atoms with Crippen LogP contribution in [0.4, 0.5) is 22.7 Å². The van der Waals surface area contributed by atoms with Gasteiger partial charge in [0.1, 0.15) is 6.07 Å². The highest BCUT2D eigenvalue weighted by Crippen LogP contribution is 2.58. The van der Waals surface area contributed by atoms with Crippen molar-refractivity contribution < 1.29 is 0 Å². The van der Waals surface area contributed by atoms with E-state index in [9.17, 15) is 5.26 Å². The van der Waals surface area contributed by atoms with Gasteiger partial charge in [-0.15, -0.1) is 0 Å². The molecule has 0 radical (unpaired) electrons. The van der Waals surface area contributed by atoms with E-state index in [1.54, 1.807) is 6.07 Å². The van der Waals surface area contributed by atoms with E-state index in [1.165, 1.54) is 0 Å². The first-order valence-electron chi connectivity index (χ1n) is 20.5. The van der Waals surface area contributed by atoms with Gasteiger partial charge in [-0.1, -0.05) is 158 Å². The maximum atomic E-state index is 11.4. The molecule has 11 rings (SSSR count). The predicted octanol–water partition coefficient (Wildman–Crippen LogP) is 14.1. The maximum absolute atomic E-state index is 11.4. The summed E-state index contributed by atoms with van der Waals surface area (Å²) in [5.74, 6) is 1.27.